The third-order valence-corrected chi connectivity index (χ3v) is 3.99. The molecule has 1 aromatic carbocycles. The summed E-state index contributed by atoms with van der Waals surface area (Å²) in [5.41, 5.74) is 7.55. The molecule has 1 saturated heterocycles. The van der Waals surface area contributed by atoms with E-state index in [1.165, 1.54) is 6.42 Å². The first-order chi connectivity index (χ1) is 9.78. The van der Waals surface area contributed by atoms with Gasteiger partial charge in [-0.25, -0.2) is 9.97 Å². The molecule has 0 bridgehead atoms. The van der Waals surface area contributed by atoms with E-state index in [1.54, 1.807) is 6.33 Å². The summed E-state index contributed by atoms with van der Waals surface area (Å²) in [5.74, 6) is 1.50. The molecule has 0 saturated carbocycles. The minimum absolute atomic E-state index is 0.260. The minimum Gasteiger partial charge on any atom is -0.399 e. The summed E-state index contributed by atoms with van der Waals surface area (Å²) < 4.78 is 0. The Hall–Kier alpha value is -1.88. The van der Waals surface area contributed by atoms with Gasteiger partial charge in [-0.3, -0.25) is 0 Å². The summed E-state index contributed by atoms with van der Waals surface area (Å²) in [4.78, 5) is 11.1. The fourth-order valence-electron chi connectivity index (χ4n) is 2.99. The Morgan fingerprint density at radius 2 is 2.25 bits per heavy atom. The van der Waals surface area contributed by atoms with Crippen LogP contribution in [-0.4, -0.2) is 34.8 Å². The van der Waals surface area contributed by atoms with E-state index in [9.17, 15) is 0 Å². The molecule has 5 heteroatoms. The SMILES string of the molecule is Nc1ccc2ncnc(N3CCCC(CCO)C3)c2c1. The van der Waals surface area contributed by atoms with Crippen LogP contribution in [0.2, 0.25) is 0 Å². The molecular weight excluding hydrogens is 252 g/mol. The number of nitrogens with two attached hydrogens (primary N) is 1. The van der Waals surface area contributed by atoms with Crippen molar-refractivity contribution in [1.29, 1.82) is 0 Å². The Bertz CT molecular complexity index is 599. The number of aromatic nitrogens is 2. The van der Waals surface area contributed by atoms with Gasteiger partial charge in [0.1, 0.15) is 12.1 Å². The van der Waals surface area contributed by atoms with Crippen molar-refractivity contribution >= 4 is 22.4 Å². The lowest BCUT2D eigenvalue weighted by Crippen LogP contribution is -2.36. The molecule has 1 aromatic heterocycles. The fraction of sp³-hybridized carbons (Fsp3) is 0.467. The molecule has 0 spiro atoms. The molecule has 106 valence electrons. The summed E-state index contributed by atoms with van der Waals surface area (Å²) in [5, 5.41) is 10.1. The largest absolute Gasteiger partial charge is 0.399 e. The van der Waals surface area contributed by atoms with Crippen LogP contribution in [0.4, 0.5) is 11.5 Å². The van der Waals surface area contributed by atoms with Gasteiger partial charge in [-0.15, -0.1) is 0 Å². The van der Waals surface area contributed by atoms with Gasteiger partial charge in [0, 0.05) is 30.8 Å². The van der Waals surface area contributed by atoms with E-state index in [4.69, 9.17) is 10.8 Å². The van der Waals surface area contributed by atoms with Crippen molar-refractivity contribution in [3.8, 4) is 0 Å². The molecule has 1 fully saturated rings. The van der Waals surface area contributed by atoms with Gasteiger partial charge in [0.05, 0.1) is 5.52 Å². The van der Waals surface area contributed by atoms with E-state index in [0.717, 1.165) is 48.3 Å². The van der Waals surface area contributed by atoms with E-state index in [0.29, 0.717) is 5.92 Å². The van der Waals surface area contributed by atoms with E-state index < -0.39 is 0 Å². The van der Waals surface area contributed by atoms with Gasteiger partial charge in [0.2, 0.25) is 0 Å². The van der Waals surface area contributed by atoms with Crippen LogP contribution in [0.1, 0.15) is 19.3 Å². The maximum atomic E-state index is 9.12. The van der Waals surface area contributed by atoms with Crippen LogP contribution in [0.25, 0.3) is 10.9 Å². The standard InChI is InChI=1S/C15H20N4O/c16-12-3-4-14-13(8-12)15(18-10-17-14)19-6-1-2-11(9-19)5-7-20/h3-4,8,10-11,20H,1-2,5-7,9,16H2. The number of nitrogens with zero attached hydrogens (tertiary/aromatic N) is 3. The second kappa shape index (κ2) is 5.63. The number of aliphatic hydroxyl groups is 1. The average molecular weight is 272 g/mol. The number of piperidine rings is 1. The Morgan fingerprint density at radius 1 is 1.35 bits per heavy atom. The van der Waals surface area contributed by atoms with Gasteiger partial charge in [0.25, 0.3) is 0 Å². The number of hydrogen-bond acceptors (Lipinski definition) is 5. The van der Waals surface area contributed by atoms with Gasteiger partial charge in [-0.1, -0.05) is 0 Å². The topological polar surface area (TPSA) is 75.3 Å². The molecule has 20 heavy (non-hydrogen) atoms. The van der Waals surface area contributed by atoms with Crippen molar-refractivity contribution in [3.63, 3.8) is 0 Å². The zero-order valence-corrected chi connectivity index (χ0v) is 11.5. The van der Waals surface area contributed by atoms with Gasteiger partial charge in [0.15, 0.2) is 0 Å². The predicted octanol–water partition coefficient (Wildman–Crippen LogP) is 1.81. The smallest absolute Gasteiger partial charge is 0.139 e. The highest BCUT2D eigenvalue weighted by Crippen LogP contribution is 2.29. The predicted molar refractivity (Wildman–Crippen MR) is 80.6 cm³/mol. The molecule has 3 N–H and O–H groups in total. The maximum Gasteiger partial charge on any atom is 0.139 e. The van der Waals surface area contributed by atoms with E-state index in [1.807, 2.05) is 18.2 Å². The Kier molecular flexibility index (Phi) is 3.69. The highest BCUT2D eigenvalue weighted by Gasteiger charge is 2.22. The lowest BCUT2D eigenvalue weighted by atomic mass is 9.95. The van der Waals surface area contributed by atoms with Crippen LogP contribution in [0.5, 0.6) is 0 Å². The van der Waals surface area contributed by atoms with Crippen molar-refractivity contribution in [2.75, 3.05) is 30.3 Å². The molecule has 1 aliphatic rings. The van der Waals surface area contributed by atoms with Crippen LogP contribution in [0, 0.1) is 5.92 Å². The van der Waals surface area contributed by atoms with Crippen LogP contribution in [0.15, 0.2) is 24.5 Å². The quantitative estimate of drug-likeness (QED) is 0.833. The maximum absolute atomic E-state index is 9.12. The molecular formula is C15H20N4O. The minimum atomic E-state index is 0.260. The van der Waals surface area contributed by atoms with Crippen LogP contribution in [0.3, 0.4) is 0 Å². The Morgan fingerprint density at radius 3 is 3.10 bits per heavy atom. The monoisotopic (exact) mass is 272 g/mol. The number of fused-ring (bicyclic) bond motifs is 1. The average Bonchev–Trinajstić information content (AvgIpc) is 2.47. The van der Waals surface area contributed by atoms with Crippen LogP contribution in [-0.2, 0) is 0 Å². The van der Waals surface area contributed by atoms with E-state index in [2.05, 4.69) is 14.9 Å². The zero-order chi connectivity index (χ0) is 13.9. The molecule has 1 unspecified atom stereocenters. The van der Waals surface area contributed by atoms with Crippen LogP contribution < -0.4 is 10.6 Å². The van der Waals surface area contributed by atoms with Crippen molar-refractivity contribution in [3.05, 3.63) is 24.5 Å². The van der Waals surface area contributed by atoms with Gasteiger partial charge in [-0.2, -0.15) is 0 Å². The Labute approximate surface area is 118 Å². The second-order valence-electron chi connectivity index (χ2n) is 5.44. The highest BCUT2D eigenvalue weighted by molar-refractivity contribution is 5.91. The van der Waals surface area contributed by atoms with Crippen molar-refractivity contribution < 1.29 is 5.11 Å². The number of aliphatic hydroxyl groups excluding tert-OH is 1. The summed E-state index contributed by atoms with van der Waals surface area (Å²) in [6.45, 7) is 2.21. The fourth-order valence-corrected chi connectivity index (χ4v) is 2.99. The van der Waals surface area contributed by atoms with E-state index in [-0.39, 0.29) is 6.61 Å². The number of anilines is 2. The Balaban J connectivity index is 1.94. The molecule has 0 amide bonds. The second-order valence-corrected chi connectivity index (χ2v) is 5.44. The van der Waals surface area contributed by atoms with Crippen molar-refractivity contribution in [2.24, 2.45) is 5.92 Å². The van der Waals surface area contributed by atoms with E-state index >= 15 is 0 Å². The lowest BCUT2D eigenvalue weighted by Gasteiger charge is -2.33. The summed E-state index contributed by atoms with van der Waals surface area (Å²) in [7, 11) is 0. The zero-order valence-electron chi connectivity index (χ0n) is 11.5. The summed E-state index contributed by atoms with van der Waals surface area (Å²) in [6, 6.07) is 5.75. The first-order valence-electron chi connectivity index (χ1n) is 7.14. The molecule has 3 rings (SSSR count). The lowest BCUT2D eigenvalue weighted by molar-refractivity contribution is 0.244. The van der Waals surface area contributed by atoms with Crippen molar-refractivity contribution in [1.82, 2.24) is 9.97 Å². The van der Waals surface area contributed by atoms with Gasteiger partial charge in [-0.05, 0) is 43.4 Å². The number of nitrogen functional groups attached to an aromatic ring is 1. The molecule has 1 aliphatic heterocycles. The number of hydrogen-bond donors (Lipinski definition) is 2. The molecule has 5 nitrogen and oxygen atoms in total. The van der Waals surface area contributed by atoms with Gasteiger partial charge < -0.3 is 15.7 Å². The molecule has 0 radical (unpaired) electrons. The first kappa shape index (κ1) is 13.1. The summed E-state index contributed by atoms with van der Waals surface area (Å²) >= 11 is 0. The normalized spacial score (nSPS) is 19.4. The number of benzene rings is 1. The van der Waals surface area contributed by atoms with Crippen molar-refractivity contribution in [2.45, 2.75) is 19.3 Å². The summed E-state index contributed by atoms with van der Waals surface area (Å²) in [6.07, 6.45) is 4.80. The molecule has 1 atom stereocenters. The molecule has 2 heterocycles. The number of rotatable bonds is 3. The third kappa shape index (κ3) is 2.54. The molecule has 2 aromatic rings. The molecule has 0 aliphatic carbocycles. The third-order valence-electron chi connectivity index (χ3n) is 3.99. The first-order valence-corrected chi connectivity index (χ1v) is 7.14. The van der Waals surface area contributed by atoms with Gasteiger partial charge >= 0.3 is 0 Å². The van der Waals surface area contributed by atoms with Crippen LogP contribution >= 0.6 is 0 Å². The highest BCUT2D eigenvalue weighted by atomic mass is 16.3.